The van der Waals surface area contributed by atoms with Gasteiger partial charge in [-0.3, -0.25) is 24.6 Å². The molecular weight excluding hydrogens is 694 g/mol. The second-order valence-electron chi connectivity index (χ2n) is 13.5. The molecule has 4 aromatic rings. The van der Waals surface area contributed by atoms with Crippen LogP contribution in [0.5, 0.6) is 0 Å². The average molecular weight is 736 g/mol. The minimum absolute atomic E-state index is 0.0363. The maximum Gasteiger partial charge on any atom is 0.408 e. The molecule has 280 valence electrons. The maximum atomic E-state index is 13.3. The van der Waals surface area contributed by atoms with Crippen molar-refractivity contribution in [3.05, 3.63) is 135 Å². The molecule has 54 heavy (non-hydrogen) atoms. The summed E-state index contributed by atoms with van der Waals surface area (Å²) in [6.45, 7) is 3.73. The zero-order valence-corrected chi connectivity index (χ0v) is 29.5. The lowest BCUT2D eigenvalue weighted by molar-refractivity contribution is -0.384. The number of nitro benzene ring substituents is 1. The van der Waals surface area contributed by atoms with Gasteiger partial charge >= 0.3 is 6.09 Å². The number of piperazine rings is 1. The molecule has 3 saturated heterocycles. The summed E-state index contributed by atoms with van der Waals surface area (Å²) in [5.41, 5.74) is 4.64. The summed E-state index contributed by atoms with van der Waals surface area (Å²) in [4.78, 5) is 55.0. The van der Waals surface area contributed by atoms with Gasteiger partial charge in [0.15, 0.2) is 6.29 Å². The van der Waals surface area contributed by atoms with Crippen molar-refractivity contribution in [2.24, 2.45) is 0 Å². The van der Waals surface area contributed by atoms with Crippen molar-refractivity contribution in [3.8, 4) is 0 Å². The molecule has 3 heterocycles. The third-order valence-corrected chi connectivity index (χ3v) is 9.95. The van der Waals surface area contributed by atoms with E-state index in [1.54, 1.807) is 36.4 Å². The first kappa shape index (κ1) is 36.7. The van der Waals surface area contributed by atoms with Crippen LogP contribution in [0.3, 0.4) is 0 Å². The van der Waals surface area contributed by atoms with Crippen molar-refractivity contribution in [2.75, 3.05) is 42.5 Å². The van der Waals surface area contributed by atoms with E-state index in [-0.39, 0.29) is 37.5 Å². The van der Waals surface area contributed by atoms with Crippen molar-refractivity contribution >= 4 is 35.0 Å². The summed E-state index contributed by atoms with van der Waals surface area (Å²) < 4.78 is 18.3. The molecule has 3 amide bonds. The lowest BCUT2D eigenvalue weighted by Gasteiger charge is -2.41. The quantitative estimate of drug-likeness (QED) is 0.121. The first-order valence-corrected chi connectivity index (χ1v) is 17.9. The van der Waals surface area contributed by atoms with Crippen LogP contribution < -0.4 is 15.1 Å². The normalized spacial score (nSPS) is 21.9. The number of hydrogen-bond acceptors (Lipinski definition) is 11. The van der Waals surface area contributed by atoms with Crippen LogP contribution in [-0.2, 0) is 37.0 Å². The van der Waals surface area contributed by atoms with E-state index in [0.717, 1.165) is 53.5 Å². The smallest absolute Gasteiger partial charge is 0.408 e. The van der Waals surface area contributed by atoms with E-state index in [9.17, 15) is 29.6 Å². The van der Waals surface area contributed by atoms with Gasteiger partial charge in [-0.05, 0) is 41.0 Å². The predicted molar refractivity (Wildman–Crippen MR) is 197 cm³/mol. The summed E-state index contributed by atoms with van der Waals surface area (Å²) in [5, 5.41) is 23.2. The van der Waals surface area contributed by atoms with Crippen LogP contribution in [0.4, 0.5) is 21.9 Å². The van der Waals surface area contributed by atoms with Gasteiger partial charge in [0.2, 0.25) is 5.91 Å². The Morgan fingerprint density at radius 2 is 1.50 bits per heavy atom. The van der Waals surface area contributed by atoms with Gasteiger partial charge in [0.1, 0.15) is 12.6 Å². The van der Waals surface area contributed by atoms with E-state index in [2.05, 4.69) is 15.1 Å². The Morgan fingerprint density at radius 3 is 2.17 bits per heavy atom. The Morgan fingerprint density at radius 1 is 0.833 bits per heavy atom. The number of carbonyl (C=O) groups excluding carboxylic acids is 3. The molecule has 4 unspecified atom stereocenters. The summed E-state index contributed by atoms with van der Waals surface area (Å²) in [6.07, 6.45) is -1.58. The molecule has 0 aliphatic carbocycles. The van der Waals surface area contributed by atoms with Gasteiger partial charge in [-0.1, -0.05) is 66.7 Å². The molecule has 0 spiro atoms. The summed E-state index contributed by atoms with van der Waals surface area (Å²) in [5.74, 6) is -0.985. The number of rotatable bonds is 11. The number of amides is 3. The fraction of sp³-hybridized carbons (Fsp3) is 0.325. The minimum Gasteiger partial charge on any atom is -0.445 e. The Balaban J connectivity index is 0.996. The molecular formula is C40H41N5O9. The monoisotopic (exact) mass is 735 g/mol. The highest BCUT2D eigenvalue weighted by Gasteiger charge is 2.41. The fourth-order valence-corrected chi connectivity index (χ4v) is 7.00. The van der Waals surface area contributed by atoms with Crippen molar-refractivity contribution in [3.63, 3.8) is 0 Å². The van der Waals surface area contributed by atoms with Crippen LogP contribution in [0.1, 0.15) is 47.5 Å². The van der Waals surface area contributed by atoms with Gasteiger partial charge in [0, 0.05) is 62.5 Å². The number of carbonyl (C=O) groups is 3. The Bertz CT molecular complexity index is 1940. The molecule has 14 nitrogen and oxygen atoms in total. The number of aliphatic hydroxyl groups excluding tert-OH is 1. The fourth-order valence-electron chi connectivity index (χ4n) is 7.00. The Labute approximate surface area is 312 Å². The predicted octanol–water partition coefficient (Wildman–Crippen LogP) is 5.01. The molecule has 7 rings (SSSR count). The van der Waals surface area contributed by atoms with Crippen molar-refractivity contribution in [1.29, 1.82) is 0 Å². The van der Waals surface area contributed by atoms with Gasteiger partial charge in [-0.25, -0.2) is 9.69 Å². The SMILES string of the molecule is O=C(NC1CC(=O)N(c2ccc(C3OC(CN4CCN(c5ccc([N+](=O)[O-])cc5)CC4)CC(c4ccc(CO)cc4)O3)cc2)C1=O)OCc1ccccc1. The number of anilines is 2. The minimum atomic E-state index is -1.04. The number of nitro groups is 1. The van der Waals surface area contributed by atoms with Gasteiger partial charge in [-0.2, -0.15) is 0 Å². The number of alkyl carbamates (subject to hydrolysis) is 1. The van der Waals surface area contributed by atoms with Gasteiger partial charge < -0.3 is 29.5 Å². The Hall–Kier alpha value is -5.67. The lowest BCUT2D eigenvalue weighted by Crippen LogP contribution is -2.49. The number of ether oxygens (including phenoxy) is 3. The van der Waals surface area contributed by atoms with Crippen molar-refractivity contribution in [1.82, 2.24) is 10.2 Å². The van der Waals surface area contributed by atoms with E-state index in [1.807, 2.05) is 54.6 Å². The van der Waals surface area contributed by atoms with E-state index < -0.39 is 35.2 Å². The van der Waals surface area contributed by atoms with Crippen LogP contribution in [0.15, 0.2) is 103 Å². The summed E-state index contributed by atoms with van der Waals surface area (Å²) in [6, 6.07) is 29.3. The number of aliphatic hydroxyl groups is 1. The number of benzene rings is 4. The zero-order valence-electron chi connectivity index (χ0n) is 29.5. The molecule has 0 bridgehead atoms. The second-order valence-corrected chi connectivity index (χ2v) is 13.5. The van der Waals surface area contributed by atoms with Crippen molar-refractivity contribution < 1.29 is 38.6 Å². The van der Waals surface area contributed by atoms with Crippen LogP contribution in [-0.4, -0.2) is 77.7 Å². The van der Waals surface area contributed by atoms with Gasteiger partial charge in [0.25, 0.3) is 11.6 Å². The summed E-state index contributed by atoms with van der Waals surface area (Å²) >= 11 is 0. The van der Waals surface area contributed by atoms with Crippen LogP contribution in [0.25, 0.3) is 0 Å². The third-order valence-electron chi connectivity index (χ3n) is 9.95. The molecule has 2 N–H and O–H groups in total. The molecule has 3 fully saturated rings. The second kappa shape index (κ2) is 16.6. The number of nitrogens with one attached hydrogen (secondary N) is 1. The highest BCUT2D eigenvalue weighted by atomic mass is 16.7. The Kier molecular flexibility index (Phi) is 11.2. The molecule has 0 radical (unpaired) electrons. The first-order valence-electron chi connectivity index (χ1n) is 17.9. The zero-order chi connectivity index (χ0) is 37.6. The maximum absolute atomic E-state index is 13.3. The van der Waals surface area contributed by atoms with Crippen molar-refractivity contribution in [2.45, 2.75) is 50.6 Å². The van der Waals surface area contributed by atoms with Gasteiger partial charge in [-0.15, -0.1) is 0 Å². The molecule has 3 aliphatic heterocycles. The molecule has 14 heteroatoms. The molecule has 4 aromatic carbocycles. The van der Waals surface area contributed by atoms with E-state index in [0.29, 0.717) is 24.2 Å². The summed E-state index contributed by atoms with van der Waals surface area (Å²) in [7, 11) is 0. The highest BCUT2D eigenvalue weighted by Crippen LogP contribution is 2.39. The van der Waals surface area contributed by atoms with E-state index in [4.69, 9.17) is 14.2 Å². The first-order chi connectivity index (χ1) is 26.2. The van der Waals surface area contributed by atoms with E-state index in [1.165, 1.54) is 12.1 Å². The number of non-ortho nitro benzene ring substituents is 1. The molecule has 0 saturated carbocycles. The molecule has 0 aromatic heterocycles. The topological polar surface area (TPSA) is 164 Å². The largest absolute Gasteiger partial charge is 0.445 e. The number of imide groups is 1. The number of hydrogen-bond donors (Lipinski definition) is 2. The standard InChI is InChI=1S/C40H41N5O9/c46-25-27-6-8-29(9-7-27)36-22-34(24-42-18-20-43(21-19-42)31-14-16-33(17-15-31)45(50)51)53-39(54-36)30-10-12-32(13-11-30)44-37(47)23-35(38(44)48)41-40(49)52-26-28-4-2-1-3-5-28/h1-17,34-36,39,46H,18-26H2,(H,41,49). The van der Waals surface area contributed by atoms with Gasteiger partial charge in [0.05, 0.1) is 35.8 Å². The van der Waals surface area contributed by atoms with Crippen LogP contribution in [0.2, 0.25) is 0 Å². The average Bonchev–Trinajstić information content (AvgIpc) is 3.48. The molecule has 3 aliphatic rings. The molecule has 4 atom stereocenters. The third kappa shape index (κ3) is 8.58. The van der Waals surface area contributed by atoms with E-state index >= 15 is 0 Å². The van der Waals surface area contributed by atoms with Crippen LogP contribution in [0, 0.1) is 10.1 Å². The van der Waals surface area contributed by atoms with Crippen LogP contribution >= 0.6 is 0 Å². The highest BCUT2D eigenvalue weighted by molar-refractivity contribution is 6.22. The number of nitrogens with zero attached hydrogens (tertiary/aromatic N) is 4. The lowest BCUT2D eigenvalue weighted by atomic mass is 9.99.